The van der Waals surface area contributed by atoms with Gasteiger partial charge in [0.25, 0.3) is 0 Å². The van der Waals surface area contributed by atoms with Gasteiger partial charge in [-0.15, -0.1) is 0 Å². The molecular weight excluding hydrogens is 518 g/mol. The summed E-state index contributed by atoms with van der Waals surface area (Å²) in [5.74, 6) is 0.249. The smallest absolute Gasteiger partial charge is 0.315 e. The summed E-state index contributed by atoms with van der Waals surface area (Å²) in [6.07, 6.45) is 0.878. The Hall–Kier alpha value is -4.39. The van der Waals surface area contributed by atoms with E-state index in [4.69, 9.17) is 23.9 Å². The largest absolute Gasteiger partial charge is 0.493 e. The molecule has 41 heavy (non-hydrogen) atoms. The van der Waals surface area contributed by atoms with Crippen molar-refractivity contribution in [1.29, 1.82) is 0 Å². The summed E-state index contributed by atoms with van der Waals surface area (Å²) < 4.78 is 22.5. The number of ketones is 1. The Morgan fingerprint density at radius 3 is 2.41 bits per heavy atom. The highest BCUT2D eigenvalue weighted by molar-refractivity contribution is 6.09. The standard InChI is InChI=1S/C34H35NO6/c1-5-40-34(37)31-21(2)35-27-17-25(23-14-15-29(38-3)30(19-23)39-4)18-28(36)33(27)32(31)24-12-9-13-26(16-24)41-20-22-10-7-6-8-11-22/h6-16,19,25,31-32H,5,17-18,20H2,1-4H3/t25-,31?,32+/m0/s1. The predicted molar refractivity (Wildman–Crippen MR) is 157 cm³/mol. The van der Waals surface area contributed by atoms with E-state index in [-0.39, 0.29) is 24.3 Å². The number of carbonyl (C=O) groups is 2. The van der Waals surface area contributed by atoms with Gasteiger partial charge in [0.2, 0.25) is 0 Å². The number of ether oxygens (including phenoxy) is 4. The molecule has 3 aromatic rings. The van der Waals surface area contributed by atoms with Crippen molar-refractivity contribution in [3.63, 3.8) is 0 Å². The fourth-order valence-corrected chi connectivity index (χ4v) is 5.84. The molecule has 0 fully saturated rings. The van der Waals surface area contributed by atoms with Gasteiger partial charge in [0.15, 0.2) is 17.3 Å². The lowest BCUT2D eigenvalue weighted by molar-refractivity contribution is -0.146. The minimum absolute atomic E-state index is 0.0165. The van der Waals surface area contributed by atoms with Gasteiger partial charge in [-0.2, -0.15) is 0 Å². The first-order chi connectivity index (χ1) is 19.9. The van der Waals surface area contributed by atoms with Crippen LogP contribution in [0.5, 0.6) is 17.2 Å². The van der Waals surface area contributed by atoms with Crippen LogP contribution in [0, 0.1) is 5.92 Å². The highest BCUT2D eigenvalue weighted by Crippen LogP contribution is 2.48. The number of Topliss-reactive ketones (excluding diaryl/α,β-unsaturated/α-hetero) is 1. The van der Waals surface area contributed by atoms with E-state index in [9.17, 15) is 9.59 Å². The summed E-state index contributed by atoms with van der Waals surface area (Å²) in [6.45, 7) is 4.29. The van der Waals surface area contributed by atoms with Gasteiger partial charge in [-0.1, -0.05) is 48.5 Å². The summed E-state index contributed by atoms with van der Waals surface area (Å²) in [5, 5.41) is 0. The van der Waals surface area contributed by atoms with Crippen LogP contribution in [0.4, 0.5) is 0 Å². The lowest BCUT2D eigenvalue weighted by Gasteiger charge is -2.36. The molecule has 0 radical (unpaired) electrons. The Morgan fingerprint density at radius 1 is 0.902 bits per heavy atom. The van der Waals surface area contributed by atoms with Crippen LogP contribution in [-0.2, 0) is 20.9 Å². The lowest BCUT2D eigenvalue weighted by atomic mass is 9.69. The predicted octanol–water partition coefficient (Wildman–Crippen LogP) is 6.42. The molecule has 0 N–H and O–H groups in total. The second kappa shape index (κ2) is 12.4. The van der Waals surface area contributed by atoms with Crippen LogP contribution >= 0.6 is 0 Å². The van der Waals surface area contributed by atoms with Gasteiger partial charge in [0.1, 0.15) is 18.3 Å². The van der Waals surface area contributed by atoms with Crippen LogP contribution in [0.15, 0.2) is 89.1 Å². The third-order valence-electron chi connectivity index (χ3n) is 7.77. The maximum absolute atomic E-state index is 13.9. The molecule has 2 aliphatic rings. The molecule has 0 amide bonds. The molecule has 1 aliphatic heterocycles. The lowest BCUT2D eigenvalue weighted by Crippen LogP contribution is -2.38. The van der Waals surface area contributed by atoms with Crippen LogP contribution in [-0.4, -0.2) is 38.3 Å². The van der Waals surface area contributed by atoms with Crippen molar-refractivity contribution in [3.05, 3.63) is 101 Å². The fourth-order valence-electron chi connectivity index (χ4n) is 5.84. The molecule has 5 rings (SSSR count). The summed E-state index contributed by atoms with van der Waals surface area (Å²) >= 11 is 0. The van der Waals surface area contributed by atoms with E-state index in [1.54, 1.807) is 21.1 Å². The number of esters is 1. The topological polar surface area (TPSA) is 83.4 Å². The van der Waals surface area contributed by atoms with Crippen molar-refractivity contribution in [1.82, 2.24) is 0 Å². The summed E-state index contributed by atoms with van der Waals surface area (Å²) in [7, 11) is 3.20. The van der Waals surface area contributed by atoms with Crippen LogP contribution in [0.2, 0.25) is 0 Å². The van der Waals surface area contributed by atoms with Gasteiger partial charge in [-0.3, -0.25) is 14.6 Å². The van der Waals surface area contributed by atoms with E-state index in [2.05, 4.69) is 0 Å². The third-order valence-corrected chi connectivity index (χ3v) is 7.77. The molecular formula is C34H35NO6. The Labute approximate surface area is 240 Å². The zero-order valence-electron chi connectivity index (χ0n) is 23.9. The van der Waals surface area contributed by atoms with Gasteiger partial charge in [0, 0.05) is 29.3 Å². The summed E-state index contributed by atoms with van der Waals surface area (Å²) in [4.78, 5) is 32.1. The number of hydrogen-bond donors (Lipinski definition) is 0. The van der Waals surface area contributed by atoms with E-state index in [1.165, 1.54) is 0 Å². The van der Waals surface area contributed by atoms with E-state index in [0.29, 0.717) is 48.0 Å². The number of carbonyl (C=O) groups excluding carboxylic acids is 2. The normalized spacial score (nSPS) is 20.1. The molecule has 0 saturated carbocycles. The van der Waals surface area contributed by atoms with Gasteiger partial charge in [0.05, 0.1) is 20.8 Å². The average Bonchev–Trinajstić information content (AvgIpc) is 2.99. The number of hydrogen-bond acceptors (Lipinski definition) is 7. The highest BCUT2D eigenvalue weighted by Gasteiger charge is 2.45. The van der Waals surface area contributed by atoms with Crippen LogP contribution in [0.25, 0.3) is 0 Å². The van der Waals surface area contributed by atoms with Crippen molar-refractivity contribution in [2.75, 3.05) is 20.8 Å². The number of nitrogens with zero attached hydrogens (tertiary/aromatic N) is 1. The van der Waals surface area contributed by atoms with Crippen LogP contribution in [0.1, 0.15) is 55.2 Å². The average molecular weight is 554 g/mol. The Bertz CT molecular complexity index is 1490. The molecule has 0 spiro atoms. The second-order valence-corrected chi connectivity index (χ2v) is 10.3. The minimum atomic E-state index is -0.695. The molecule has 7 heteroatoms. The van der Waals surface area contributed by atoms with Crippen LogP contribution in [0.3, 0.4) is 0 Å². The maximum Gasteiger partial charge on any atom is 0.315 e. The zero-order valence-corrected chi connectivity index (χ0v) is 23.9. The molecule has 0 saturated heterocycles. The quantitative estimate of drug-likeness (QED) is 0.284. The second-order valence-electron chi connectivity index (χ2n) is 10.3. The Kier molecular flexibility index (Phi) is 8.53. The van der Waals surface area contributed by atoms with Crippen LogP contribution < -0.4 is 14.2 Å². The molecule has 3 atom stereocenters. The van der Waals surface area contributed by atoms with E-state index >= 15 is 0 Å². The number of aliphatic imine (C=N–C) groups is 1. The van der Waals surface area contributed by atoms with Crippen molar-refractivity contribution in [3.8, 4) is 17.2 Å². The Morgan fingerprint density at radius 2 is 1.68 bits per heavy atom. The number of allylic oxidation sites excluding steroid dienone is 2. The van der Waals surface area contributed by atoms with E-state index in [0.717, 1.165) is 22.4 Å². The SMILES string of the molecule is CCOC(=O)C1C(C)=NC2=C(C(=O)C[C@@H](c3ccc(OC)c(OC)c3)C2)[C@@H]1c1cccc(OCc2ccccc2)c1. The molecule has 0 aromatic heterocycles. The van der Waals surface area contributed by atoms with E-state index in [1.807, 2.05) is 79.7 Å². The fraction of sp³-hybridized carbons (Fsp3) is 0.324. The number of methoxy groups -OCH3 is 2. The molecule has 1 heterocycles. The molecule has 212 valence electrons. The first-order valence-electron chi connectivity index (χ1n) is 13.9. The van der Waals surface area contributed by atoms with Crippen molar-refractivity contribution < 1.29 is 28.5 Å². The first-order valence-corrected chi connectivity index (χ1v) is 13.9. The minimum Gasteiger partial charge on any atom is -0.493 e. The molecule has 3 aromatic carbocycles. The summed E-state index contributed by atoms with van der Waals surface area (Å²) in [5.41, 5.74) is 4.81. The van der Waals surface area contributed by atoms with Gasteiger partial charge >= 0.3 is 5.97 Å². The number of benzene rings is 3. The Balaban J connectivity index is 1.51. The first kappa shape index (κ1) is 28.1. The summed E-state index contributed by atoms with van der Waals surface area (Å²) in [6, 6.07) is 23.3. The zero-order chi connectivity index (χ0) is 28.9. The highest BCUT2D eigenvalue weighted by atomic mass is 16.5. The third kappa shape index (κ3) is 5.89. The molecule has 1 unspecified atom stereocenters. The molecule has 0 bridgehead atoms. The van der Waals surface area contributed by atoms with Gasteiger partial charge < -0.3 is 18.9 Å². The van der Waals surface area contributed by atoms with E-state index < -0.39 is 11.8 Å². The van der Waals surface area contributed by atoms with Crippen molar-refractivity contribution >= 4 is 17.5 Å². The van der Waals surface area contributed by atoms with Crippen molar-refractivity contribution in [2.45, 2.75) is 45.1 Å². The maximum atomic E-state index is 13.9. The van der Waals surface area contributed by atoms with Gasteiger partial charge in [-0.05, 0) is 67.1 Å². The molecule has 7 nitrogen and oxygen atoms in total. The monoisotopic (exact) mass is 553 g/mol. The van der Waals surface area contributed by atoms with Crippen molar-refractivity contribution in [2.24, 2.45) is 10.9 Å². The van der Waals surface area contributed by atoms with Gasteiger partial charge in [-0.25, -0.2) is 0 Å². The molecule has 1 aliphatic carbocycles. The number of rotatable bonds is 9.